The van der Waals surface area contributed by atoms with Crippen LogP contribution in [0.25, 0.3) is 0 Å². The summed E-state index contributed by atoms with van der Waals surface area (Å²) in [6.07, 6.45) is -0.121. The molecule has 0 unspecified atom stereocenters. The molecule has 160 valence electrons. The summed E-state index contributed by atoms with van der Waals surface area (Å²) in [4.78, 5) is 47.2. The van der Waals surface area contributed by atoms with Crippen LogP contribution in [0, 0.1) is 5.92 Å². The predicted octanol–water partition coefficient (Wildman–Crippen LogP) is -0.163. The molecule has 0 fully saturated rings. The maximum absolute atomic E-state index is 12.7. The van der Waals surface area contributed by atoms with E-state index in [1.165, 1.54) is 12.1 Å². The number of aliphatic carboxylic acids is 2. The lowest BCUT2D eigenvalue weighted by Gasteiger charge is -2.25. The summed E-state index contributed by atoms with van der Waals surface area (Å²) in [6.45, 7) is 3.46. The molecular formula is C19H27N3O7. The van der Waals surface area contributed by atoms with Gasteiger partial charge in [-0.05, 0) is 23.6 Å². The van der Waals surface area contributed by atoms with E-state index in [1.54, 1.807) is 26.0 Å². The van der Waals surface area contributed by atoms with Crippen molar-refractivity contribution >= 4 is 23.8 Å². The van der Waals surface area contributed by atoms with Crippen molar-refractivity contribution in [2.45, 2.75) is 51.2 Å². The number of hydrogen-bond acceptors (Lipinski definition) is 6. The number of nitrogens with one attached hydrogen (secondary N) is 2. The number of hydrogen-bond donors (Lipinski definition) is 6. The van der Waals surface area contributed by atoms with Crippen molar-refractivity contribution in [3.8, 4) is 5.75 Å². The normalized spacial score (nSPS) is 14.9. The third-order valence-corrected chi connectivity index (χ3v) is 4.52. The summed E-state index contributed by atoms with van der Waals surface area (Å²) in [6, 6.07) is 2.19. The Balaban J connectivity index is 3.02. The summed E-state index contributed by atoms with van der Waals surface area (Å²) >= 11 is 0. The van der Waals surface area contributed by atoms with Crippen molar-refractivity contribution < 1.29 is 34.5 Å². The SMILES string of the molecule is CC[C@H](C)[C@H](NC(=O)[C@H](Cc1ccc(O)cc1)NC(=O)[C@@H](N)CC(=O)O)C(=O)O. The van der Waals surface area contributed by atoms with Crippen molar-refractivity contribution in [2.75, 3.05) is 0 Å². The van der Waals surface area contributed by atoms with Crippen molar-refractivity contribution in [1.29, 1.82) is 0 Å². The second kappa shape index (κ2) is 11.0. The molecule has 0 aliphatic rings. The number of rotatable bonds is 11. The molecule has 4 atom stereocenters. The fourth-order valence-electron chi connectivity index (χ4n) is 2.57. The predicted molar refractivity (Wildman–Crippen MR) is 103 cm³/mol. The van der Waals surface area contributed by atoms with E-state index in [0.717, 1.165) is 0 Å². The maximum atomic E-state index is 12.7. The molecule has 1 aromatic carbocycles. The second-order valence-electron chi connectivity index (χ2n) is 6.85. The van der Waals surface area contributed by atoms with Crippen LogP contribution in [0.4, 0.5) is 0 Å². The Hall–Kier alpha value is -3.14. The van der Waals surface area contributed by atoms with Gasteiger partial charge in [-0.15, -0.1) is 0 Å². The number of carboxylic acid groups (broad SMARTS) is 2. The van der Waals surface area contributed by atoms with Gasteiger partial charge in [-0.3, -0.25) is 14.4 Å². The number of carbonyl (C=O) groups excluding carboxylic acids is 2. The second-order valence-corrected chi connectivity index (χ2v) is 6.85. The summed E-state index contributed by atoms with van der Waals surface area (Å²) in [5.41, 5.74) is 6.14. The maximum Gasteiger partial charge on any atom is 0.326 e. The molecule has 2 amide bonds. The third kappa shape index (κ3) is 7.78. The molecule has 29 heavy (non-hydrogen) atoms. The van der Waals surface area contributed by atoms with E-state index in [4.69, 9.17) is 10.8 Å². The monoisotopic (exact) mass is 409 g/mol. The number of phenols is 1. The zero-order chi connectivity index (χ0) is 22.1. The molecule has 1 aromatic rings. The lowest BCUT2D eigenvalue weighted by atomic mass is 9.98. The van der Waals surface area contributed by atoms with Gasteiger partial charge in [0, 0.05) is 6.42 Å². The zero-order valence-electron chi connectivity index (χ0n) is 16.3. The van der Waals surface area contributed by atoms with Gasteiger partial charge in [0.1, 0.15) is 17.8 Å². The highest BCUT2D eigenvalue weighted by atomic mass is 16.4. The first kappa shape index (κ1) is 23.9. The third-order valence-electron chi connectivity index (χ3n) is 4.52. The zero-order valence-corrected chi connectivity index (χ0v) is 16.3. The molecule has 1 rings (SSSR count). The Morgan fingerprint density at radius 3 is 2.10 bits per heavy atom. The lowest BCUT2D eigenvalue weighted by molar-refractivity contribution is -0.144. The average molecular weight is 409 g/mol. The number of amides is 2. The molecular weight excluding hydrogens is 382 g/mol. The first-order chi connectivity index (χ1) is 13.5. The first-order valence-electron chi connectivity index (χ1n) is 9.14. The number of phenolic OH excluding ortho intramolecular Hbond substituents is 1. The number of aromatic hydroxyl groups is 1. The van der Waals surface area contributed by atoms with Crippen molar-refractivity contribution in [3.05, 3.63) is 29.8 Å². The van der Waals surface area contributed by atoms with Crippen molar-refractivity contribution in [1.82, 2.24) is 10.6 Å². The Bertz CT molecular complexity index is 736. The van der Waals surface area contributed by atoms with Crippen LogP contribution >= 0.6 is 0 Å². The average Bonchev–Trinajstić information content (AvgIpc) is 2.65. The van der Waals surface area contributed by atoms with E-state index in [1.807, 2.05) is 0 Å². The largest absolute Gasteiger partial charge is 0.508 e. The smallest absolute Gasteiger partial charge is 0.326 e. The summed E-state index contributed by atoms with van der Waals surface area (Å²) < 4.78 is 0. The van der Waals surface area contributed by atoms with Gasteiger partial charge >= 0.3 is 11.9 Å². The highest BCUT2D eigenvalue weighted by Crippen LogP contribution is 2.13. The number of nitrogens with two attached hydrogens (primary N) is 1. The Morgan fingerprint density at radius 1 is 1.03 bits per heavy atom. The van der Waals surface area contributed by atoms with Gasteiger partial charge in [0.2, 0.25) is 11.8 Å². The molecule has 10 heteroatoms. The molecule has 0 heterocycles. The minimum atomic E-state index is -1.37. The molecule has 0 aromatic heterocycles. The first-order valence-corrected chi connectivity index (χ1v) is 9.14. The van der Waals surface area contributed by atoms with E-state index in [9.17, 15) is 29.4 Å². The topological polar surface area (TPSA) is 179 Å². The highest BCUT2D eigenvalue weighted by molar-refractivity contribution is 5.93. The Kier molecular flexibility index (Phi) is 9.07. The molecule has 10 nitrogen and oxygen atoms in total. The van der Waals surface area contributed by atoms with Crippen LogP contribution in [0.15, 0.2) is 24.3 Å². The van der Waals surface area contributed by atoms with Gasteiger partial charge < -0.3 is 31.7 Å². The molecule has 0 saturated heterocycles. The van der Waals surface area contributed by atoms with Gasteiger partial charge in [-0.25, -0.2) is 4.79 Å². The van der Waals surface area contributed by atoms with Crippen LogP contribution in [-0.2, 0) is 25.6 Å². The van der Waals surface area contributed by atoms with Crippen LogP contribution in [-0.4, -0.2) is 57.2 Å². The quantitative estimate of drug-likeness (QED) is 0.292. The molecule has 7 N–H and O–H groups in total. The van der Waals surface area contributed by atoms with Gasteiger partial charge in [0.25, 0.3) is 0 Å². The van der Waals surface area contributed by atoms with E-state index >= 15 is 0 Å². The molecule has 0 saturated carbocycles. The highest BCUT2D eigenvalue weighted by Gasteiger charge is 2.30. The fraction of sp³-hybridized carbons (Fsp3) is 0.474. The molecule has 0 spiro atoms. The summed E-state index contributed by atoms with van der Waals surface area (Å²) in [5, 5.41) is 32.4. The van der Waals surface area contributed by atoms with Gasteiger partial charge in [0.05, 0.1) is 12.5 Å². The molecule has 0 aliphatic heterocycles. The minimum absolute atomic E-state index is 0.00943. The summed E-state index contributed by atoms with van der Waals surface area (Å²) in [7, 11) is 0. The number of carboxylic acids is 2. The number of carbonyl (C=O) groups is 4. The minimum Gasteiger partial charge on any atom is -0.508 e. The molecule has 0 radical (unpaired) electrons. The Morgan fingerprint density at radius 2 is 1.62 bits per heavy atom. The van der Waals surface area contributed by atoms with Crippen molar-refractivity contribution in [3.63, 3.8) is 0 Å². The van der Waals surface area contributed by atoms with Crippen LogP contribution in [0.1, 0.15) is 32.3 Å². The molecule has 0 bridgehead atoms. The van der Waals surface area contributed by atoms with E-state index in [0.29, 0.717) is 12.0 Å². The number of benzene rings is 1. The standard InChI is InChI=1S/C19H27N3O7/c1-3-10(2)16(19(28)29)22-18(27)14(8-11-4-6-12(23)7-5-11)21-17(26)13(20)9-15(24)25/h4-7,10,13-14,16,23H,3,8-9,20H2,1-2H3,(H,21,26)(H,22,27)(H,24,25)(H,28,29)/t10-,13-,14-,16-/m0/s1. The van der Waals surface area contributed by atoms with E-state index < -0.39 is 48.3 Å². The van der Waals surface area contributed by atoms with E-state index in [2.05, 4.69) is 10.6 Å². The Labute approximate surface area is 168 Å². The van der Waals surface area contributed by atoms with Crippen LogP contribution in [0.2, 0.25) is 0 Å². The summed E-state index contributed by atoms with van der Waals surface area (Å²) in [5.74, 6) is -4.39. The van der Waals surface area contributed by atoms with Gasteiger partial charge in [-0.2, -0.15) is 0 Å². The van der Waals surface area contributed by atoms with Gasteiger partial charge in [-0.1, -0.05) is 32.4 Å². The van der Waals surface area contributed by atoms with Crippen LogP contribution < -0.4 is 16.4 Å². The van der Waals surface area contributed by atoms with Crippen LogP contribution in [0.5, 0.6) is 5.75 Å². The molecule has 0 aliphatic carbocycles. The van der Waals surface area contributed by atoms with Crippen molar-refractivity contribution in [2.24, 2.45) is 11.7 Å². The van der Waals surface area contributed by atoms with E-state index in [-0.39, 0.29) is 18.1 Å². The fourth-order valence-corrected chi connectivity index (χ4v) is 2.57. The van der Waals surface area contributed by atoms with Crippen LogP contribution in [0.3, 0.4) is 0 Å². The lowest BCUT2D eigenvalue weighted by Crippen LogP contribution is -2.56. The van der Waals surface area contributed by atoms with Gasteiger partial charge in [0.15, 0.2) is 0 Å².